The topological polar surface area (TPSA) is 46.9 Å². The van der Waals surface area contributed by atoms with E-state index in [1.165, 1.54) is 4.88 Å². The standard InChI is InChI=1S/C14H21N3OS/c1-4-15-7-5-6-8-17-9-16-13-12(14(17)18)10(2)11(3)19-13/h9,15H,4-8H2,1-3H3. The summed E-state index contributed by atoms with van der Waals surface area (Å²) < 4.78 is 1.74. The van der Waals surface area contributed by atoms with Gasteiger partial charge in [0.05, 0.1) is 11.7 Å². The van der Waals surface area contributed by atoms with E-state index in [9.17, 15) is 4.79 Å². The third kappa shape index (κ3) is 3.04. The number of nitrogens with one attached hydrogen (secondary N) is 1. The van der Waals surface area contributed by atoms with Crippen molar-refractivity contribution in [1.29, 1.82) is 0 Å². The molecule has 1 N–H and O–H groups in total. The third-order valence-electron chi connectivity index (χ3n) is 3.41. The van der Waals surface area contributed by atoms with Gasteiger partial charge in [-0.3, -0.25) is 9.36 Å². The van der Waals surface area contributed by atoms with Gasteiger partial charge in [-0.25, -0.2) is 4.98 Å². The number of aryl methyl sites for hydroxylation is 3. The summed E-state index contributed by atoms with van der Waals surface area (Å²) >= 11 is 1.60. The van der Waals surface area contributed by atoms with Gasteiger partial charge < -0.3 is 5.32 Å². The minimum Gasteiger partial charge on any atom is -0.317 e. The molecule has 104 valence electrons. The van der Waals surface area contributed by atoms with Crippen LogP contribution in [0.15, 0.2) is 11.1 Å². The summed E-state index contributed by atoms with van der Waals surface area (Å²) in [5.74, 6) is 0. The fourth-order valence-corrected chi connectivity index (χ4v) is 3.13. The van der Waals surface area contributed by atoms with Crippen LogP contribution in [-0.2, 0) is 6.54 Å². The molecule has 2 heterocycles. The first-order valence-electron chi connectivity index (χ1n) is 6.81. The predicted molar refractivity (Wildman–Crippen MR) is 81.1 cm³/mol. The third-order valence-corrected chi connectivity index (χ3v) is 4.52. The summed E-state index contributed by atoms with van der Waals surface area (Å²) in [4.78, 5) is 18.9. The Hall–Kier alpha value is -1.20. The largest absolute Gasteiger partial charge is 0.317 e. The number of rotatable bonds is 6. The molecule has 19 heavy (non-hydrogen) atoms. The lowest BCUT2D eigenvalue weighted by molar-refractivity contribution is 0.564. The van der Waals surface area contributed by atoms with Gasteiger partial charge in [-0.2, -0.15) is 0 Å². The van der Waals surface area contributed by atoms with Gasteiger partial charge in [-0.1, -0.05) is 6.92 Å². The van der Waals surface area contributed by atoms with E-state index in [1.807, 2.05) is 13.8 Å². The zero-order valence-corrected chi connectivity index (χ0v) is 12.6. The Labute approximate surface area is 117 Å². The number of hydrogen-bond acceptors (Lipinski definition) is 4. The van der Waals surface area contributed by atoms with Gasteiger partial charge in [0, 0.05) is 11.4 Å². The van der Waals surface area contributed by atoms with Crippen LogP contribution < -0.4 is 10.9 Å². The molecular formula is C14H21N3OS. The van der Waals surface area contributed by atoms with Crippen molar-refractivity contribution in [1.82, 2.24) is 14.9 Å². The van der Waals surface area contributed by atoms with Gasteiger partial charge in [0.15, 0.2) is 0 Å². The Morgan fingerprint density at radius 2 is 2.16 bits per heavy atom. The van der Waals surface area contributed by atoms with Crippen LogP contribution >= 0.6 is 11.3 Å². The van der Waals surface area contributed by atoms with Gasteiger partial charge in [-0.15, -0.1) is 11.3 Å². The van der Waals surface area contributed by atoms with Crippen LogP contribution in [0.25, 0.3) is 10.2 Å². The lowest BCUT2D eigenvalue weighted by Gasteiger charge is -2.05. The molecule has 0 bridgehead atoms. The van der Waals surface area contributed by atoms with Crippen LogP contribution in [0.2, 0.25) is 0 Å². The average Bonchev–Trinajstić information content (AvgIpc) is 2.68. The molecule has 0 saturated carbocycles. The number of unbranched alkanes of at least 4 members (excludes halogenated alkanes) is 1. The van der Waals surface area contributed by atoms with E-state index in [1.54, 1.807) is 22.2 Å². The van der Waals surface area contributed by atoms with Crippen LogP contribution in [0, 0.1) is 13.8 Å². The van der Waals surface area contributed by atoms with E-state index in [-0.39, 0.29) is 5.56 Å². The smallest absolute Gasteiger partial charge is 0.262 e. The predicted octanol–water partition coefficient (Wildman–Crippen LogP) is 2.46. The number of thiophene rings is 1. The molecule has 0 amide bonds. The van der Waals surface area contributed by atoms with E-state index in [0.29, 0.717) is 0 Å². The molecule has 0 atom stereocenters. The summed E-state index contributed by atoms with van der Waals surface area (Å²) in [6.07, 6.45) is 3.77. The monoisotopic (exact) mass is 279 g/mol. The molecule has 2 aromatic rings. The highest BCUT2D eigenvalue weighted by atomic mass is 32.1. The van der Waals surface area contributed by atoms with E-state index in [0.717, 1.165) is 48.3 Å². The molecule has 0 radical (unpaired) electrons. The van der Waals surface area contributed by atoms with Crippen LogP contribution in [0.1, 0.15) is 30.2 Å². The average molecular weight is 279 g/mol. The lowest BCUT2D eigenvalue weighted by atomic mass is 10.2. The molecule has 0 aliphatic rings. The maximum absolute atomic E-state index is 12.4. The molecule has 0 aliphatic heterocycles. The fraction of sp³-hybridized carbons (Fsp3) is 0.571. The second-order valence-corrected chi connectivity index (χ2v) is 5.97. The van der Waals surface area contributed by atoms with Crippen molar-refractivity contribution < 1.29 is 0 Å². The van der Waals surface area contributed by atoms with E-state index in [2.05, 4.69) is 17.2 Å². The number of fused-ring (bicyclic) bond motifs is 1. The summed E-state index contributed by atoms with van der Waals surface area (Å²) in [5, 5.41) is 4.09. The van der Waals surface area contributed by atoms with Crippen molar-refractivity contribution in [2.75, 3.05) is 13.1 Å². The van der Waals surface area contributed by atoms with Crippen LogP contribution in [-0.4, -0.2) is 22.6 Å². The van der Waals surface area contributed by atoms with Crippen molar-refractivity contribution in [2.24, 2.45) is 0 Å². The number of hydrogen-bond donors (Lipinski definition) is 1. The Morgan fingerprint density at radius 1 is 1.37 bits per heavy atom. The SMILES string of the molecule is CCNCCCCn1cnc2sc(C)c(C)c2c1=O. The highest BCUT2D eigenvalue weighted by molar-refractivity contribution is 7.18. The van der Waals surface area contributed by atoms with Crippen LogP contribution in [0.4, 0.5) is 0 Å². The molecule has 0 fully saturated rings. The Morgan fingerprint density at radius 3 is 2.89 bits per heavy atom. The molecule has 5 heteroatoms. The number of nitrogens with zero attached hydrogens (tertiary/aromatic N) is 2. The Balaban J connectivity index is 2.14. The fourth-order valence-electron chi connectivity index (χ4n) is 2.14. The Kier molecular flexibility index (Phi) is 4.71. The second kappa shape index (κ2) is 6.30. The molecule has 4 nitrogen and oxygen atoms in total. The first-order valence-corrected chi connectivity index (χ1v) is 7.62. The van der Waals surface area contributed by atoms with Crippen LogP contribution in [0.3, 0.4) is 0 Å². The maximum Gasteiger partial charge on any atom is 0.262 e. The van der Waals surface area contributed by atoms with Gasteiger partial charge in [0.25, 0.3) is 5.56 Å². The van der Waals surface area contributed by atoms with Gasteiger partial charge in [0.2, 0.25) is 0 Å². The maximum atomic E-state index is 12.4. The van der Waals surface area contributed by atoms with Gasteiger partial charge in [-0.05, 0) is 45.3 Å². The van der Waals surface area contributed by atoms with Gasteiger partial charge in [0.1, 0.15) is 4.83 Å². The minimum absolute atomic E-state index is 0.107. The summed E-state index contributed by atoms with van der Waals surface area (Å²) in [7, 11) is 0. The lowest BCUT2D eigenvalue weighted by Crippen LogP contribution is -2.21. The zero-order valence-electron chi connectivity index (χ0n) is 11.8. The van der Waals surface area contributed by atoms with Crippen molar-refractivity contribution in [3.8, 4) is 0 Å². The Bertz CT molecular complexity index is 615. The first-order chi connectivity index (χ1) is 9.15. The molecule has 0 saturated heterocycles. The molecule has 0 spiro atoms. The molecule has 0 aliphatic carbocycles. The molecule has 0 aromatic carbocycles. The highest BCUT2D eigenvalue weighted by Gasteiger charge is 2.11. The van der Waals surface area contributed by atoms with Crippen molar-refractivity contribution in [2.45, 2.75) is 40.2 Å². The molecular weight excluding hydrogens is 258 g/mol. The summed E-state index contributed by atoms with van der Waals surface area (Å²) in [5.41, 5.74) is 1.19. The second-order valence-electron chi connectivity index (χ2n) is 4.77. The highest BCUT2D eigenvalue weighted by Crippen LogP contribution is 2.25. The van der Waals surface area contributed by atoms with E-state index in [4.69, 9.17) is 0 Å². The minimum atomic E-state index is 0.107. The summed E-state index contributed by atoms with van der Waals surface area (Å²) in [6, 6.07) is 0. The number of aromatic nitrogens is 2. The van der Waals surface area contributed by atoms with Crippen molar-refractivity contribution >= 4 is 21.6 Å². The molecule has 2 rings (SSSR count). The first kappa shape index (κ1) is 14.2. The summed E-state index contributed by atoms with van der Waals surface area (Å²) in [6.45, 7) is 8.92. The van der Waals surface area contributed by atoms with E-state index >= 15 is 0 Å². The van der Waals surface area contributed by atoms with Crippen LogP contribution in [0.5, 0.6) is 0 Å². The van der Waals surface area contributed by atoms with Gasteiger partial charge >= 0.3 is 0 Å². The quantitative estimate of drug-likeness (QED) is 0.826. The van der Waals surface area contributed by atoms with Crippen molar-refractivity contribution in [3.05, 3.63) is 27.1 Å². The normalized spacial score (nSPS) is 11.3. The molecule has 2 aromatic heterocycles. The molecule has 0 unspecified atom stereocenters. The zero-order chi connectivity index (χ0) is 13.8. The van der Waals surface area contributed by atoms with Crippen molar-refractivity contribution in [3.63, 3.8) is 0 Å². The van der Waals surface area contributed by atoms with E-state index < -0.39 is 0 Å².